The highest BCUT2D eigenvalue weighted by Crippen LogP contribution is 2.43. The monoisotopic (exact) mass is 246 g/mol. The van der Waals surface area contributed by atoms with Gasteiger partial charge in [-0.25, -0.2) is 0 Å². The molecule has 0 fully saturated rings. The van der Waals surface area contributed by atoms with Crippen LogP contribution in [0.25, 0.3) is 11.0 Å². The van der Waals surface area contributed by atoms with Crippen molar-refractivity contribution >= 4 is 11.0 Å². The van der Waals surface area contributed by atoms with Crippen LogP contribution >= 0.6 is 0 Å². The van der Waals surface area contributed by atoms with E-state index in [2.05, 4.69) is 41.5 Å². The number of aromatic hydroxyl groups is 1. The van der Waals surface area contributed by atoms with E-state index in [0.717, 1.165) is 22.1 Å². The minimum absolute atomic E-state index is 0.106. The minimum Gasteiger partial charge on any atom is -0.507 e. The maximum atomic E-state index is 10.6. The lowest BCUT2D eigenvalue weighted by Crippen LogP contribution is -2.17. The summed E-state index contributed by atoms with van der Waals surface area (Å²) in [6.07, 6.45) is 1.69. The third kappa shape index (κ3) is 2.00. The summed E-state index contributed by atoms with van der Waals surface area (Å²) in [6, 6.07) is 3.89. The number of benzene rings is 1. The number of phenolic OH excluding ortho intramolecular Hbond substituents is 1. The topological polar surface area (TPSA) is 33.4 Å². The predicted octanol–water partition coefficient (Wildman–Crippen LogP) is 4.73. The lowest BCUT2D eigenvalue weighted by molar-refractivity contribution is 0.425. The quantitative estimate of drug-likeness (QED) is 0.728. The molecule has 2 heteroatoms. The van der Waals surface area contributed by atoms with Crippen molar-refractivity contribution in [3.63, 3.8) is 0 Å². The molecule has 0 radical (unpaired) electrons. The third-order valence-electron chi connectivity index (χ3n) is 3.29. The fraction of sp³-hybridized carbons (Fsp3) is 0.500. The maximum absolute atomic E-state index is 10.6. The van der Waals surface area contributed by atoms with Gasteiger partial charge < -0.3 is 9.52 Å². The minimum atomic E-state index is -0.118. The van der Waals surface area contributed by atoms with E-state index in [1.54, 1.807) is 6.26 Å². The van der Waals surface area contributed by atoms with Crippen molar-refractivity contribution in [3.8, 4) is 5.75 Å². The van der Waals surface area contributed by atoms with Crippen LogP contribution in [0.4, 0.5) is 0 Å². The second-order valence-corrected chi connectivity index (χ2v) is 6.98. The summed E-state index contributed by atoms with van der Waals surface area (Å²) < 4.78 is 5.53. The van der Waals surface area contributed by atoms with Gasteiger partial charge in [-0.05, 0) is 23.0 Å². The molecule has 2 aromatic rings. The number of hydrogen-bond donors (Lipinski definition) is 1. The summed E-state index contributed by atoms with van der Waals surface area (Å²) in [4.78, 5) is 0. The molecular weight excluding hydrogens is 224 g/mol. The van der Waals surface area contributed by atoms with Crippen molar-refractivity contribution in [1.29, 1.82) is 0 Å². The van der Waals surface area contributed by atoms with Gasteiger partial charge in [0, 0.05) is 16.5 Å². The van der Waals surface area contributed by atoms with Crippen molar-refractivity contribution < 1.29 is 9.52 Å². The Morgan fingerprint density at radius 3 is 2.11 bits per heavy atom. The molecule has 2 rings (SSSR count). The van der Waals surface area contributed by atoms with E-state index in [0.29, 0.717) is 5.75 Å². The van der Waals surface area contributed by atoms with E-state index in [1.165, 1.54) is 0 Å². The van der Waals surface area contributed by atoms with E-state index in [1.807, 2.05) is 12.1 Å². The first kappa shape index (κ1) is 13.0. The summed E-state index contributed by atoms with van der Waals surface area (Å²) in [7, 11) is 0. The van der Waals surface area contributed by atoms with Gasteiger partial charge in [0.25, 0.3) is 0 Å². The first-order chi connectivity index (χ1) is 8.12. The molecule has 0 bridgehead atoms. The van der Waals surface area contributed by atoms with E-state index in [9.17, 15) is 5.11 Å². The molecule has 0 spiro atoms. The van der Waals surface area contributed by atoms with Crippen LogP contribution in [0.5, 0.6) is 5.75 Å². The lowest BCUT2D eigenvalue weighted by Gasteiger charge is -2.27. The van der Waals surface area contributed by atoms with Crippen LogP contribution in [0.15, 0.2) is 22.8 Å². The number of phenols is 1. The second kappa shape index (κ2) is 3.78. The molecule has 0 aliphatic heterocycles. The number of hydrogen-bond acceptors (Lipinski definition) is 2. The van der Waals surface area contributed by atoms with Crippen molar-refractivity contribution in [3.05, 3.63) is 29.5 Å². The molecule has 1 heterocycles. The Morgan fingerprint density at radius 2 is 1.61 bits per heavy atom. The van der Waals surface area contributed by atoms with E-state index < -0.39 is 0 Å². The van der Waals surface area contributed by atoms with E-state index in [4.69, 9.17) is 4.42 Å². The molecule has 0 atom stereocenters. The molecule has 18 heavy (non-hydrogen) atoms. The molecule has 0 saturated heterocycles. The van der Waals surface area contributed by atoms with Crippen LogP contribution in [0.2, 0.25) is 0 Å². The van der Waals surface area contributed by atoms with Gasteiger partial charge in [-0.3, -0.25) is 0 Å². The van der Waals surface area contributed by atoms with Gasteiger partial charge in [0.15, 0.2) is 0 Å². The molecule has 98 valence electrons. The van der Waals surface area contributed by atoms with Gasteiger partial charge in [-0.2, -0.15) is 0 Å². The van der Waals surface area contributed by atoms with Crippen molar-refractivity contribution in [2.75, 3.05) is 0 Å². The zero-order chi connectivity index (χ0) is 13.7. The summed E-state index contributed by atoms with van der Waals surface area (Å²) in [6.45, 7) is 12.6. The molecule has 2 nitrogen and oxygen atoms in total. The highest BCUT2D eigenvalue weighted by atomic mass is 16.3. The number of fused-ring (bicyclic) bond motifs is 1. The Labute approximate surface area is 109 Å². The molecule has 1 aromatic heterocycles. The van der Waals surface area contributed by atoms with Crippen LogP contribution in [0.3, 0.4) is 0 Å². The first-order valence-electron chi connectivity index (χ1n) is 6.36. The maximum Gasteiger partial charge on any atom is 0.134 e. The van der Waals surface area contributed by atoms with Gasteiger partial charge in [0.2, 0.25) is 0 Å². The van der Waals surface area contributed by atoms with Crippen LogP contribution in [-0.4, -0.2) is 5.11 Å². The molecule has 0 saturated carbocycles. The molecule has 0 aliphatic rings. The largest absolute Gasteiger partial charge is 0.507 e. The van der Waals surface area contributed by atoms with Crippen LogP contribution < -0.4 is 0 Å². The fourth-order valence-corrected chi connectivity index (χ4v) is 2.43. The predicted molar refractivity (Wildman–Crippen MR) is 75.3 cm³/mol. The number of furan rings is 1. The van der Waals surface area contributed by atoms with Crippen molar-refractivity contribution in [2.24, 2.45) is 0 Å². The Hall–Kier alpha value is -1.44. The van der Waals surface area contributed by atoms with Crippen molar-refractivity contribution in [1.82, 2.24) is 0 Å². The summed E-state index contributed by atoms with van der Waals surface area (Å²) >= 11 is 0. The van der Waals surface area contributed by atoms with Crippen LogP contribution in [0, 0.1) is 0 Å². The van der Waals surface area contributed by atoms with Crippen LogP contribution in [0.1, 0.15) is 52.7 Å². The Kier molecular flexibility index (Phi) is 2.73. The van der Waals surface area contributed by atoms with Gasteiger partial charge in [0.1, 0.15) is 11.3 Å². The average molecular weight is 246 g/mol. The van der Waals surface area contributed by atoms with E-state index >= 15 is 0 Å². The smallest absolute Gasteiger partial charge is 0.134 e. The van der Waals surface area contributed by atoms with Gasteiger partial charge >= 0.3 is 0 Å². The zero-order valence-electron chi connectivity index (χ0n) is 12.1. The van der Waals surface area contributed by atoms with Gasteiger partial charge in [0.05, 0.1) is 6.26 Å². The molecule has 1 aromatic carbocycles. The summed E-state index contributed by atoms with van der Waals surface area (Å²) in [5.41, 5.74) is 2.54. The van der Waals surface area contributed by atoms with Crippen LogP contribution in [-0.2, 0) is 10.8 Å². The average Bonchev–Trinajstić information content (AvgIpc) is 2.59. The standard InChI is InChI=1S/C16H22O2/c1-15(2,3)11-9-12-10(7-8-18-12)13(14(11)17)16(4,5)6/h7-9,17H,1-6H3. The molecule has 0 amide bonds. The highest BCUT2D eigenvalue weighted by Gasteiger charge is 2.28. The van der Waals surface area contributed by atoms with Gasteiger partial charge in [-0.1, -0.05) is 41.5 Å². The second-order valence-electron chi connectivity index (χ2n) is 6.98. The SMILES string of the molecule is CC(C)(C)c1cc2occc2c(C(C)(C)C)c1O. The van der Waals surface area contributed by atoms with E-state index in [-0.39, 0.29) is 10.8 Å². The fourth-order valence-electron chi connectivity index (χ4n) is 2.43. The number of rotatable bonds is 0. The molecule has 1 N–H and O–H groups in total. The van der Waals surface area contributed by atoms with Gasteiger partial charge in [-0.15, -0.1) is 0 Å². The first-order valence-corrected chi connectivity index (χ1v) is 6.36. The highest BCUT2D eigenvalue weighted by molar-refractivity contribution is 5.86. The molecule has 0 aliphatic carbocycles. The van der Waals surface area contributed by atoms with Crippen molar-refractivity contribution in [2.45, 2.75) is 52.4 Å². The Bertz CT molecular complexity index is 577. The zero-order valence-corrected chi connectivity index (χ0v) is 12.1. The third-order valence-corrected chi connectivity index (χ3v) is 3.29. The lowest BCUT2D eigenvalue weighted by atomic mass is 9.78. The Morgan fingerprint density at radius 1 is 1.00 bits per heavy atom. The molecular formula is C16H22O2. The summed E-state index contributed by atoms with van der Waals surface area (Å²) in [5.74, 6) is 0.406. The normalized spacial score (nSPS) is 13.2. The summed E-state index contributed by atoms with van der Waals surface area (Å²) in [5, 5.41) is 11.6. The molecule has 0 unspecified atom stereocenters. The Balaban J connectivity index is 2.89.